The average molecular weight is 328 g/mol. The molecule has 0 aliphatic carbocycles. The predicted octanol–water partition coefficient (Wildman–Crippen LogP) is 2.36. The summed E-state index contributed by atoms with van der Waals surface area (Å²) in [5.74, 6) is 2.86. The van der Waals surface area contributed by atoms with Crippen molar-refractivity contribution in [2.24, 2.45) is 5.92 Å². The van der Waals surface area contributed by atoms with Crippen LogP contribution in [0.5, 0.6) is 0 Å². The molecule has 24 heavy (non-hydrogen) atoms. The number of likely N-dealkylation sites (tertiary alicyclic amines) is 1. The molecule has 0 saturated carbocycles. The van der Waals surface area contributed by atoms with Crippen LogP contribution in [0.25, 0.3) is 0 Å². The molecule has 1 saturated heterocycles. The van der Waals surface area contributed by atoms with Crippen LogP contribution in [0.2, 0.25) is 0 Å². The number of aryl methyl sites for hydroxylation is 2. The van der Waals surface area contributed by atoms with Gasteiger partial charge >= 0.3 is 0 Å². The zero-order chi connectivity index (χ0) is 17.1. The summed E-state index contributed by atoms with van der Waals surface area (Å²) in [5, 5.41) is 10.3. The Morgan fingerprint density at radius 2 is 2.17 bits per heavy atom. The summed E-state index contributed by atoms with van der Waals surface area (Å²) >= 11 is 0. The van der Waals surface area contributed by atoms with Gasteiger partial charge in [-0.1, -0.05) is 0 Å². The van der Waals surface area contributed by atoms with Crippen molar-refractivity contribution in [1.82, 2.24) is 25.1 Å². The van der Waals surface area contributed by atoms with Gasteiger partial charge in [-0.05, 0) is 39.0 Å². The number of nitrogens with zero attached hydrogens (tertiary/aromatic N) is 4. The van der Waals surface area contributed by atoms with Gasteiger partial charge in [-0.25, -0.2) is 9.97 Å². The van der Waals surface area contributed by atoms with Gasteiger partial charge in [-0.15, -0.1) is 0 Å². The Morgan fingerprint density at radius 3 is 2.88 bits per heavy atom. The number of rotatable bonds is 4. The van der Waals surface area contributed by atoms with E-state index in [0.717, 1.165) is 61.2 Å². The number of amides is 1. The molecule has 1 atom stereocenters. The second-order valence-electron chi connectivity index (χ2n) is 6.53. The lowest BCUT2D eigenvalue weighted by Gasteiger charge is -2.32. The molecule has 2 N–H and O–H groups in total. The molecule has 1 aliphatic heterocycles. The number of piperidine rings is 1. The topological polar surface area (TPSA) is 86.8 Å². The van der Waals surface area contributed by atoms with E-state index in [-0.39, 0.29) is 5.91 Å². The van der Waals surface area contributed by atoms with Crippen LogP contribution in [-0.4, -0.2) is 44.1 Å². The Labute approximate surface area is 141 Å². The number of aromatic amines is 1. The minimum atomic E-state index is 0.162. The zero-order valence-electron chi connectivity index (χ0n) is 14.5. The third-order valence-corrected chi connectivity index (χ3v) is 4.32. The van der Waals surface area contributed by atoms with Crippen LogP contribution in [0.3, 0.4) is 0 Å². The number of aromatic nitrogens is 4. The van der Waals surface area contributed by atoms with E-state index in [1.165, 1.54) is 0 Å². The van der Waals surface area contributed by atoms with Gasteiger partial charge in [0.25, 0.3) is 0 Å². The van der Waals surface area contributed by atoms with Crippen molar-refractivity contribution >= 4 is 17.5 Å². The Balaban J connectivity index is 1.70. The fraction of sp³-hybridized carbons (Fsp3) is 0.529. The van der Waals surface area contributed by atoms with Crippen LogP contribution >= 0.6 is 0 Å². The summed E-state index contributed by atoms with van der Waals surface area (Å²) in [6.07, 6.45) is 3.06. The third-order valence-electron chi connectivity index (χ3n) is 4.32. The summed E-state index contributed by atoms with van der Waals surface area (Å²) < 4.78 is 0. The molecule has 3 heterocycles. The van der Waals surface area contributed by atoms with Gasteiger partial charge in [0.15, 0.2) is 5.82 Å². The third kappa shape index (κ3) is 4.10. The van der Waals surface area contributed by atoms with Crippen LogP contribution in [0.1, 0.15) is 37.0 Å². The minimum absolute atomic E-state index is 0.162. The Hall–Kier alpha value is -2.44. The summed E-state index contributed by atoms with van der Waals surface area (Å²) in [4.78, 5) is 22.5. The van der Waals surface area contributed by atoms with Crippen LogP contribution in [-0.2, 0) is 11.2 Å². The molecule has 0 unspecified atom stereocenters. The minimum Gasteiger partial charge on any atom is -0.343 e. The first kappa shape index (κ1) is 16.4. The van der Waals surface area contributed by atoms with Crippen LogP contribution < -0.4 is 5.32 Å². The van der Waals surface area contributed by atoms with E-state index in [1.807, 2.05) is 30.9 Å². The molecule has 1 aliphatic rings. The van der Waals surface area contributed by atoms with E-state index >= 15 is 0 Å². The maximum absolute atomic E-state index is 11.6. The van der Waals surface area contributed by atoms with E-state index in [4.69, 9.17) is 0 Å². The molecule has 128 valence electrons. The van der Waals surface area contributed by atoms with Gasteiger partial charge in [-0.2, -0.15) is 5.10 Å². The van der Waals surface area contributed by atoms with E-state index < -0.39 is 0 Å². The van der Waals surface area contributed by atoms with Crippen LogP contribution in [0, 0.1) is 19.8 Å². The fourth-order valence-electron chi connectivity index (χ4n) is 3.22. The number of carbonyl (C=O) groups excluding carboxylic acids is 1. The summed E-state index contributed by atoms with van der Waals surface area (Å²) in [6, 6.07) is 3.91. The molecular weight excluding hydrogens is 304 g/mol. The van der Waals surface area contributed by atoms with E-state index in [0.29, 0.717) is 5.92 Å². The van der Waals surface area contributed by atoms with Gasteiger partial charge in [0.1, 0.15) is 11.6 Å². The lowest BCUT2D eigenvalue weighted by Crippen LogP contribution is -2.39. The highest BCUT2D eigenvalue weighted by atomic mass is 16.2. The highest BCUT2D eigenvalue weighted by Crippen LogP contribution is 2.22. The lowest BCUT2D eigenvalue weighted by molar-refractivity contribution is -0.130. The molecule has 7 heteroatoms. The maximum Gasteiger partial charge on any atom is 0.219 e. The van der Waals surface area contributed by atoms with E-state index in [2.05, 4.69) is 25.5 Å². The van der Waals surface area contributed by atoms with E-state index in [1.54, 1.807) is 6.92 Å². The number of nitrogens with one attached hydrogen (secondary N) is 2. The van der Waals surface area contributed by atoms with Crippen molar-refractivity contribution in [2.75, 3.05) is 18.4 Å². The molecular formula is C17H24N6O. The lowest BCUT2D eigenvalue weighted by atomic mass is 9.93. The molecule has 0 bridgehead atoms. The molecule has 2 aromatic heterocycles. The number of carbonyl (C=O) groups is 1. The first-order valence-corrected chi connectivity index (χ1v) is 8.38. The Kier molecular flexibility index (Phi) is 4.78. The SMILES string of the molecule is CC(=O)N1CCC[C@@H](Cc2cc(Nc3cc(C)[nH]n3)nc(C)n2)C1. The molecule has 0 radical (unpaired) electrons. The van der Waals surface area contributed by atoms with Crippen LogP contribution in [0.4, 0.5) is 11.6 Å². The average Bonchev–Trinajstić information content (AvgIpc) is 2.92. The standard InChI is InChI=1S/C17H24N6O/c1-11-7-17(22-21-11)20-16-9-15(18-12(2)19-16)8-14-5-4-6-23(10-14)13(3)24/h7,9,14H,4-6,8,10H2,1-3H3,(H2,18,19,20,21,22)/t14-/m0/s1. The normalized spacial score (nSPS) is 17.8. The van der Waals surface area contributed by atoms with Gasteiger partial charge in [0.05, 0.1) is 0 Å². The highest BCUT2D eigenvalue weighted by Gasteiger charge is 2.22. The quantitative estimate of drug-likeness (QED) is 0.900. The fourth-order valence-corrected chi connectivity index (χ4v) is 3.22. The maximum atomic E-state index is 11.6. The molecule has 0 spiro atoms. The highest BCUT2D eigenvalue weighted by molar-refractivity contribution is 5.73. The van der Waals surface area contributed by atoms with Crippen molar-refractivity contribution in [3.8, 4) is 0 Å². The first-order valence-electron chi connectivity index (χ1n) is 8.38. The zero-order valence-corrected chi connectivity index (χ0v) is 14.5. The number of anilines is 2. The van der Waals surface area contributed by atoms with Crippen molar-refractivity contribution in [3.05, 3.63) is 29.3 Å². The molecule has 1 fully saturated rings. The smallest absolute Gasteiger partial charge is 0.219 e. The molecule has 1 amide bonds. The Bertz CT molecular complexity index is 726. The first-order chi connectivity index (χ1) is 11.5. The molecule has 7 nitrogen and oxygen atoms in total. The molecule has 3 rings (SSSR count). The number of H-pyrrole nitrogens is 1. The number of hydrogen-bond acceptors (Lipinski definition) is 5. The largest absolute Gasteiger partial charge is 0.343 e. The molecule has 0 aromatic carbocycles. The number of hydrogen-bond donors (Lipinski definition) is 2. The summed E-state index contributed by atoms with van der Waals surface area (Å²) in [7, 11) is 0. The van der Waals surface area contributed by atoms with Crippen molar-refractivity contribution in [2.45, 2.75) is 40.0 Å². The Morgan fingerprint density at radius 1 is 1.33 bits per heavy atom. The predicted molar refractivity (Wildman–Crippen MR) is 92.1 cm³/mol. The van der Waals surface area contributed by atoms with Crippen LogP contribution in [0.15, 0.2) is 12.1 Å². The van der Waals surface area contributed by atoms with Gasteiger partial charge in [0.2, 0.25) is 5.91 Å². The summed E-state index contributed by atoms with van der Waals surface area (Å²) in [6.45, 7) is 7.19. The van der Waals surface area contributed by atoms with Gasteiger partial charge in [-0.3, -0.25) is 9.89 Å². The molecule has 2 aromatic rings. The second kappa shape index (κ2) is 6.98. The second-order valence-corrected chi connectivity index (χ2v) is 6.53. The summed E-state index contributed by atoms with van der Waals surface area (Å²) in [5.41, 5.74) is 2.00. The van der Waals surface area contributed by atoms with Crippen molar-refractivity contribution in [3.63, 3.8) is 0 Å². The van der Waals surface area contributed by atoms with Gasteiger partial charge < -0.3 is 10.2 Å². The monoisotopic (exact) mass is 328 g/mol. The van der Waals surface area contributed by atoms with Crippen molar-refractivity contribution < 1.29 is 4.79 Å². The van der Waals surface area contributed by atoms with Crippen molar-refractivity contribution in [1.29, 1.82) is 0 Å². The van der Waals surface area contributed by atoms with Gasteiger partial charge in [0, 0.05) is 43.5 Å². The van der Waals surface area contributed by atoms with E-state index in [9.17, 15) is 4.79 Å².